The van der Waals surface area contributed by atoms with E-state index in [0.29, 0.717) is 23.2 Å². The number of rotatable bonds is 6. The Bertz CT molecular complexity index is 469. The molecule has 0 spiro atoms. The van der Waals surface area contributed by atoms with Crippen LogP contribution in [0.5, 0.6) is 0 Å². The Kier molecular flexibility index (Phi) is 5.02. The summed E-state index contributed by atoms with van der Waals surface area (Å²) in [5, 5.41) is 13.2. The van der Waals surface area contributed by atoms with Crippen LogP contribution in [0, 0.1) is 12.8 Å². The highest BCUT2D eigenvalue weighted by atomic mass is 35.5. The van der Waals surface area contributed by atoms with Gasteiger partial charge in [0.15, 0.2) is 0 Å². The zero-order valence-electron chi connectivity index (χ0n) is 11.9. The maximum Gasteiger partial charge on any atom is 0.238 e. The number of amides is 1. The number of aliphatic hydroxyl groups excluding tert-OH is 1. The standard InChI is InChI=1S/C15H21ClN2O2/c1-10-4-3-5-12(16)15(10)17-14(20)9-18(2)8-13(19)11-6-7-11/h3-5,11,13,19H,6-9H2,1-2H3,(H,17,20). The topological polar surface area (TPSA) is 52.6 Å². The molecule has 0 heterocycles. The van der Waals surface area contributed by atoms with Gasteiger partial charge in [-0.05, 0) is 44.4 Å². The predicted molar refractivity (Wildman–Crippen MR) is 81.0 cm³/mol. The van der Waals surface area contributed by atoms with Gasteiger partial charge in [-0.1, -0.05) is 23.7 Å². The molecule has 2 rings (SSSR count). The van der Waals surface area contributed by atoms with Gasteiger partial charge in [0, 0.05) is 6.54 Å². The molecule has 110 valence electrons. The second-order valence-corrected chi connectivity index (χ2v) is 5.99. The van der Waals surface area contributed by atoms with E-state index in [2.05, 4.69) is 5.32 Å². The Morgan fingerprint density at radius 2 is 2.25 bits per heavy atom. The highest BCUT2D eigenvalue weighted by Gasteiger charge is 2.30. The van der Waals surface area contributed by atoms with Crippen LogP contribution in [0.2, 0.25) is 5.02 Å². The number of carbonyl (C=O) groups excluding carboxylic acids is 1. The molecule has 1 amide bonds. The molecule has 0 saturated heterocycles. The van der Waals surface area contributed by atoms with Crippen molar-refractivity contribution in [2.75, 3.05) is 25.5 Å². The van der Waals surface area contributed by atoms with Crippen LogP contribution in [0.15, 0.2) is 18.2 Å². The molecule has 2 N–H and O–H groups in total. The monoisotopic (exact) mass is 296 g/mol. The van der Waals surface area contributed by atoms with E-state index in [-0.39, 0.29) is 18.6 Å². The number of aliphatic hydroxyl groups is 1. The van der Waals surface area contributed by atoms with Crippen molar-refractivity contribution < 1.29 is 9.90 Å². The van der Waals surface area contributed by atoms with Crippen LogP contribution < -0.4 is 5.32 Å². The molecule has 20 heavy (non-hydrogen) atoms. The number of carbonyl (C=O) groups is 1. The Morgan fingerprint density at radius 1 is 1.55 bits per heavy atom. The average molecular weight is 297 g/mol. The summed E-state index contributed by atoms with van der Waals surface area (Å²) in [5.74, 6) is 0.304. The summed E-state index contributed by atoms with van der Waals surface area (Å²) in [7, 11) is 1.84. The van der Waals surface area contributed by atoms with Gasteiger partial charge in [-0.3, -0.25) is 9.69 Å². The lowest BCUT2D eigenvalue weighted by atomic mass is 10.2. The maximum atomic E-state index is 12.0. The van der Waals surface area contributed by atoms with Crippen LogP contribution in [-0.4, -0.2) is 42.2 Å². The van der Waals surface area contributed by atoms with Gasteiger partial charge >= 0.3 is 0 Å². The van der Waals surface area contributed by atoms with Crippen molar-refractivity contribution in [1.29, 1.82) is 0 Å². The largest absolute Gasteiger partial charge is 0.392 e. The van der Waals surface area contributed by atoms with Crippen molar-refractivity contribution in [3.63, 3.8) is 0 Å². The summed E-state index contributed by atoms with van der Waals surface area (Å²) in [6.07, 6.45) is 1.87. The fourth-order valence-corrected chi connectivity index (χ4v) is 2.50. The SMILES string of the molecule is Cc1cccc(Cl)c1NC(=O)CN(C)CC(O)C1CC1. The number of anilines is 1. The van der Waals surface area contributed by atoms with Gasteiger partial charge in [-0.2, -0.15) is 0 Å². The first-order chi connectivity index (χ1) is 9.47. The number of likely N-dealkylation sites (N-methyl/N-ethyl adjacent to an activating group) is 1. The van der Waals surface area contributed by atoms with Gasteiger partial charge in [0.1, 0.15) is 0 Å². The zero-order valence-corrected chi connectivity index (χ0v) is 12.7. The van der Waals surface area contributed by atoms with E-state index < -0.39 is 0 Å². The first kappa shape index (κ1) is 15.3. The third kappa shape index (κ3) is 4.20. The van der Waals surface area contributed by atoms with E-state index in [1.54, 1.807) is 6.07 Å². The number of hydrogen-bond acceptors (Lipinski definition) is 3. The number of nitrogens with zero attached hydrogens (tertiary/aromatic N) is 1. The smallest absolute Gasteiger partial charge is 0.238 e. The molecule has 0 aliphatic heterocycles. The summed E-state index contributed by atoms with van der Waals surface area (Å²) < 4.78 is 0. The van der Waals surface area contributed by atoms with Crippen LogP contribution in [0.3, 0.4) is 0 Å². The highest BCUT2D eigenvalue weighted by Crippen LogP contribution is 2.32. The number of para-hydroxylation sites is 1. The number of halogens is 1. The van der Waals surface area contributed by atoms with E-state index in [1.165, 1.54) is 0 Å². The van der Waals surface area contributed by atoms with E-state index in [1.807, 2.05) is 31.0 Å². The van der Waals surface area contributed by atoms with Crippen LogP contribution >= 0.6 is 11.6 Å². The lowest BCUT2D eigenvalue weighted by Gasteiger charge is -2.20. The van der Waals surface area contributed by atoms with E-state index in [0.717, 1.165) is 18.4 Å². The molecule has 1 aromatic carbocycles. The van der Waals surface area contributed by atoms with Gasteiger partial charge in [-0.25, -0.2) is 0 Å². The Labute approximate surface area is 124 Å². The fourth-order valence-electron chi connectivity index (χ4n) is 2.23. The second-order valence-electron chi connectivity index (χ2n) is 5.58. The number of nitrogens with one attached hydrogen (secondary N) is 1. The lowest BCUT2D eigenvalue weighted by molar-refractivity contribution is -0.117. The van der Waals surface area contributed by atoms with Crippen LogP contribution in [-0.2, 0) is 4.79 Å². The molecule has 1 atom stereocenters. The van der Waals surface area contributed by atoms with E-state index >= 15 is 0 Å². The molecule has 1 aromatic rings. The van der Waals surface area contributed by atoms with Crippen LogP contribution in [0.25, 0.3) is 0 Å². The molecule has 1 aliphatic rings. The highest BCUT2D eigenvalue weighted by molar-refractivity contribution is 6.33. The van der Waals surface area contributed by atoms with Gasteiger partial charge in [0.25, 0.3) is 0 Å². The Balaban J connectivity index is 1.85. The Morgan fingerprint density at radius 3 is 2.85 bits per heavy atom. The molecule has 0 aromatic heterocycles. The maximum absolute atomic E-state index is 12.0. The van der Waals surface area contributed by atoms with Gasteiger partial charge < -0.3 is 10.4 Å². The van der Waals surface area contributed by atoms with Crippen molar-refractivity contribution in [2.45, 2.75) is 25.9 Å². The van der Waals surface area contributed by atoms with E-state index in [4.69, 9.17) is 11.6 Å². The van der Waals surface area contributed by atoms with Gasteiger partial charge in [0.2, 0.25) is 5.91 Å². The summed E-state index contributed by atoms with van der Waals surface area (Å²) in [6, 6.07) is 5.51. The third-order valence-electron chi connectivity index (χ3n) is 3.56. The first-order valence-electron chi connectivity index (χ1n) is 6.89. The molecule has 0 radical (unpaired) electrons. The Hall–Kier alpha value is -1.10. The summed E-state index contributed by atoms with van der Waals surface area (Å²) in [4.78, 5) is 13.8. The summed E-state index contributed by atoms with van der Waals surface area (Å²) in [5.41, 5.74) is 1.60. The van der Waals surface area contributed by atoms with Crippen molar-refractivity contribution in [2.24, 2.45) is 5.92 Å². The first-order valence-corrected chi connectivity index (χ1v) is 7.26. The minimum Gasteiger partial charge on any atom is -0.392 e. The van der Waals surface area contributed by atoms with Crippen molar-refractivity contribution >= 4 is 23.2 Å². The minimum atomic E-state index is -0.324. The van der Waals surface area contributed by atoms with Crippen molar-refractivity contribution in [3.05, 3.63) is 28.8 Å². The molecule has 1 fully saturated rings. The van der Waals surface area contributed by atoms with Crippen molar-refractivity contribution in [1.82, 2.24) is 4.90 Å². The van der Waals surface area contributed by atoms with Crippen LogP contribution in [0.1, 0.15) is 18.4 Å². The van der Waals surface area contributed by atoms with Gasteiger partial charge in [-0.15, -0.1) is 0 Å². The zero-order chi connectivity index (χ0) is 14.7. The van der Waals surface area contributed by atoms with Crippen molar-refractivity contribution in [3.8, 4) is 0 Å². The normalized spacial score (nSPS) is 16.2. The molecule has 5 heteroatoms. The quantitative estimate of drug-likeness (QED) is 0.847. The minimum absolute atomic E-state index is 0.119. The number of hydrogen-bond donors (Lipinski definition) is 2. The number of aryl methyl sites for hydroxylation is 1. The van der Waals surface area contributed by atoms with E-state index in [9.17, 15) is 9.90 Å². The molecule has 4 nitrogen and oxygen atoms in total. The van der Waals surface area contributed by atoms with Gasteiger partial charge in [0.05, 0.1) is 23.4 Å². The predicted octanol–water partition coefficient (Wildman–Crippen LogP) is 2.29. The molecular weight excluding hydrogens is 276 g/mol. The lowest BCUT2D eigenvalue weighted by Crippen LogP contribution is -2.36. The molecule has 1 saturated carbocycles. The molecular formula is C15H21ClN2O2. The fraction of sp³-hybridized carbons (Fsp3) is 0.533. The third-order valence-corrected chi connectivity index (χ3v) is 3.88. The van der Waals surface area contributed by atoms with Crippen LogP contribution in [0.4, 0.5) is 5.69 Å². The average Bonchev–Trinajstić information content (AvgIpc) is 3.17. The molecule has 0 bridgehead atoms. The summed E-state index contributed by atoms with van der Waals surface area (Å²) >= 11 is 6.08. The second kappa shape index (κ2) is 6.57. The number of benzene rings is 1. The molecule has 1 unspecified atom stereocenters. The summed E-state index contributed by atoms with van der Waals surface area (Å²) in [6.45, 7) is 2.68. The molecule has 1 aliphatic carbocycles.